The fraction of sp³-hybridized carbons (Fsp3) is 0.667. The summed E-state index contributed by atoms with van der Waals surface area (Å²) in [5, 5.41) is 3.56. The normalized spacial score (nSPS) is 19.1. The van der Waals surface area contributed by atoms with Crippen LogP contribution in [-0.2, 0) is 17.9 Å². The molecule has 1 N–H and O–H groups in total. The van der Waals surface area contributed by atoms with E-state index in [4.69, 9.17) is 9.47 Å². The minimum atomic E-state index is 0.664. The van der Waals surface area contributed by atoms with Gasteiger partial charge in [0, 0.05) is 24.8 Å². The molecule has 116 valence electrons. The average Bonchev–Trinajstić information content (AvgIpc) is 3.20. The first-order chi connectivity index (χ1) is 10.3. The van der Waals surface area contributed by atoms with E-state index in [-0.39, 0.29) is 0 Å². The molecule has 3 nitrogen and oxygen atoms in total. The number of ether oxygens (including phenoxy) is 2. The number of methoxy groups -OCH3 is 1. The van der Waals surface area contributed by atoms with E-state index < -0.39 is 0 Å². The first kappa shape index (κ1) is 14.9. The van der Waals surface area contributed by atoms with Gasteiger partial charge in [-0.05, 0) is 49.3 Å². The first-order valence-corrected chi connectivity index (χ1v) is 8.32. The standard InChI is InChI=1S/C18H27NO2/c1-20-18-9-6-15(11-19-17-7-8-17)10-16(18)13-21-12-14-4-2-3-5-14/h6,9-10,14,17,19H,2-5,7-8,11-13H2,1H3. The number of benzene rings is 1. The molecule has 0 radical (unpaired) electrons. The Kier molecular flexibility index (Phi) is 5.15. The van der Waals surface area contributed by atoms with E-state index in [9.17, 15) is 0 Å². The second-order valence-electron chi connectivity index (χ2n) is 6.47. The minimum absolute atomic E-state index is 0.664. The molecule has 2 aliphatic carbocycles. The van der Waals surface area contributed by atoms with E-state index in [0.29, 0.717) is 6.61 Å². The molecule has 0 bridgehead atoms. The molecule has 0 spiro atoms. The lowest BCUT2D eigenvalue weighted by Crippen LogP contribution is -2.15. The number of hydrogen-bond acceptors (Lipinski definition) is 3. The monoisotopic (exact) mass is 289 g/mol. The van der Waals surface area contributed by atoms with Gasteiger partial charge in [0.1, 0.15) is 5.75 Å². The van der Waals surface area contributed by atoms with Crippen molar-refractivity contribution in [2.45, 2.75) is 57.7 Å². The van der Waals surface area contributed by atoms with Crippen LogP contribution in [0.5, 0.6) is 5.75 Å². The van der Waals surface area contributed by atoms with E-state index in [2.05, 4.69) is 23.5 Å². The molecule has 2 aliphatic rings. The summed E-state index contributed by atoms with van der Waals surface area (Å²) in [5.41, 5.74) is 2.49. The van der Waals surface area contributed by atoms with Crippen LogP contribution < -0.4 is 10.1 Å². The molecule has 0 unspecified atom stereocenters. The van der Waals surface area contributed by atoms with Crippen molar-refractivity contribution in [2.75, 3.05) is 13.7 Å². The van der Waals surface area contributed by atoms with Crippen molar-refractivity contribution in [3.8, 4) is 5.75 Å². The Hall–Kier alpha value is -1.06. The average molecular weight is 289 g/mol. The third-order valence-corrected chi connectivity index (χ3v) is 4.60. The van der Waals surface area contributed by atoms with Crippen LogP contribution in [0.3, 0.4) is 0 Å². The number of rotatable bonds is 8. The Morgan fingerprint density at radius 1 is 1.14 bits per heavy atom. The molecule has 0 atom stereocenters. The molecular formula is C18H27NO2. The molecule has 0 saturated heterocycles. The van der Waals surface area contributed by atoms with Gasteiger partial charge in [-0.2, -0.15) is 0 Å². The van der Waals surface area contributed by atoms with Crippen LogP contribution in [-0.4, -0.2) is 19.8 Å². The highest BCUT2D eigenvalue weighted by Gasteiger charge is 2.20. The van der Waals surface area contributed by atoms with Crippen LogP contribution in [0.25, 0.3) is 0 Å². The van der Waals surface area contributed by atoms with Crippen LogP contribution in [0.15, 0.2) is 18.2 Å². The Balaban J connectivity index is 1.53. The van der Waals surface area contributed by atoms with Gasteiger partial charge in [0.15, 0.2) is 0 Å². The third kappa shape index (κ3) is 4.45. The summed E-state index contributed by atoms with van der Waals surface area (Å²) in [6.07, 6.45) is 8.07. The van der Waals surface area contributed by atoms with Crippen molar-refractivity contribution in [3.63, 3.8) is 0 Å². The molecule has 1 aromatic carbocycles. The lowest BCUT2D eigenvalue weighted by atomic mass is 10.1. The summed E-state index contributed by atoms with van der Waals surface area (Å²) < 4.78 is 11.4. The Morgan fingerprint density at radius 2 is 1.95 bits per heavy atom. The molecule has 2 fully saturated rings. The summed E-state index contributed by atoms with van der Waals surface area (Å²) >= 11 is 0. The molecular weight excluding hydrogens is 262 g/mol. The van der Waals surface area contributed by atoms with Gasteiger partial charge in [0.05, 0.1) is 13.7 Å². The molecule has 0 aliphatic heterocycles. The Morgan fingerprint density at radius 3 is 2.67 bits per heavy atom. The number of nitrogens with one attached hydrogen (secondary N) is 1. The third-order valence-electron chi connectivity index (χ3n) is 4.60. The van der Waals surface area contributed by atoms with E-state index >= 15 is 0 Å². The minimum Gasteiger partial charge on any atom is -0.496 e. The molecule has 3 heteroatoms. The van der Waals surface area contributed by atoms with Crippen LogP contribution >= 0.6 is 0 Å². The zero-order valence-electron chi connectivity index (χ0n) is 13.1. The van der Waals surface area contributed by atoms with Crippen LogP contribution in [0.1, 0.15) is 49.7 Å². The SMILES string of the molecule is COc1ccc(CNC2CC2)cc1COCC1CCCC1. The fourth-order valence-electron chi connectivity index (χ4n) is 3.12. The quantitative estimate of drug-likeness (QED) is 0.792. The maximum Gasteiger partial charge on any atom is 0.124 e. The highest BCUT2D eigenvalue weighted by Crippen LogP contribution is 2.26. The van der Waals surface area contributed by atoms with E-state index in [1.165, 1.54) is 49.7 Å². The van der Waals surface area contributed by atoms with Crippen molar-refractivity contribution < 1.29 is 9.47 Å². The maximum absolute atomic E-state index is 5.94. The van der Waals surface area contributed by atoms with Crippen LogP contribution in [0.2, 0.25) is 0 Å². The Bertz CT molecular complexity index is 451. The summed E-state index contributed by atoms with van der Waals surface area (Å²) in [4.78, 5) is 0. The zero-order chi connectivity index (χ0) is 14.5. The van der Waals surface area contributed by atoms with Gasteiger partial charge < -0.3 is 14.8 Å². The topological polar surface area (TPSA) is 30.5 Å². The lowest BCUT2D eigenvalue weighted by molar-refractivity contribution is 0.0874. The van der Waals surface area contributed by atoms with Crippen LogP contribution in [0.4, 0.5) is 0 Å². The number of hydrogen-bond donors (Lipinski definition) is 1. The largest absolute Gasteiger partial charge is 0.496 e. The van der Waals surface area contributed by atoms with Crippen molar-refractivity contribution in [2.24, 2.45) is 5.92 Å². The highest BCUT2D eigenvalue weighted by atomic mass is 16.5. The van der Waals surface area contributed by atoms with E-state index in [1.54, 1.807) is 7.11 Å². The van der Waals surface area contributed by atoms with Gasteiger partial charge in [0.2, 0.25) is 0 Å². The molecule has 3 rings (SSSR count). The summed E-state index contributed by atoms with van der Waals surface area (Å²) in [7, 11) is 1.73. The molecule has 21 heavy (non-hydrogen) atoms. The Labute approximate surface area is 128 Å². The summed E-state index contributed by atoms with van der Waals surface area (Å²) in [6, 6.07) is 7.18. The first-order valence-electron chi connectivity index (χ1n) is 8.32. The second-order valence-corrected chi connectivity index (χ2v) is 6.47. The summed E-state index contributed by atoms with van der Waals surface area (Å²) in [5.74, 6) is 1.72. The van der Waals surface area contributed by atoms with Gasteiger partial charge in [-0.15, -0.1) is 0 Å². The van der Waals surface area contributed by atoms with Crippen molar-refractivity contribution >= 4 is 0 Å². The smallest absolute Gasteiger partial charge is 0.124 e. The second kappa shape index (κ2) is 7.28. The maximum atomic E-state index is 5.94. The van der Waals surface area contributed by atoms with Crippen molar-refractivity contribution in [3.05, 3.63) is 29.3 Å². The fourth-order valence-corrected chi connectivity index (χ4v) is 3.12. The van der Waals surface area contributed by atoms with Gasteiger partial charge in [-0.1, -0.05) is 18.9 Å². The molecule has 2 saturated carbocycles. The summed E-state index contributed by atoms with van der Waals surface area (Å²) in [6.45, 7) is 2.51. The lowest BCUT2D eigenvalue weighted by Gasteiger charge is -2.14. The van der Waals surface area contributed by atoms with E-state index in [1.807, 2.05) is 0 Å². The van der Waals surface area contributed by atoms with Crippen molar-refractivity contribution in [1.82, 2.24) is 5.32 Å². The van der Waals surface area contributed by atoms with Gasteiger partial charge >= 0.3 is 0 Å². The van der Waals surface area contributed by atoms with E-state index in [0.717, 1.165) is 30.9 Å². The molecule has 0 heterocycles. The predicted octanol–water partition coefficient (Wildman–Crippen LogP) is 3.65. The van der Waals surface area contributed by atoms with Crippen LogP contribution in [0, 0.1) is 5.92 Å². The predicted molar refractivity (Wildman–Crippen MR) is 84.5 cm³/mol. The van der Waals surface area contributed by atoms with Gasteiger partial charge in [-0.3, -0.25) is 0 Å². The van der Waals surface area contributed by atoms with Crippen molar-refractivity contribution in [1.29, 1.82) is 0 Å². The highest BCUT2D eigenvalue weighted by molar-refractivity contribution is 5.37. The molecule has 0 amide bonds. The molecule has 0 aromatic heterocycles. The van der Waals surface area contributed by atoms with Gasteiger partial charge in [-0.25, -0.2) is 0 Å². The zero-order valence-corrected chi connectivity index (χ0v) is 13.1. The van der Waals surface area contributed by atoms with Gasteiger partial charge in [0.25, 0.3) is 0 Å². The molecule has 1 aromatic rings.